The van der Waals surface area contributed by atoms with Gasteiger partial charge >= 0.3 is 15.6 Å². The summed E-state index contributed by atoms with van der Waals surface area (Å²) >= 11 is 0. The summed E-state index contributed by atoms with van der Waals surface area (Å²) < 4.78 is 15.7. The van der Waals surface area contributed by atoms with Crippen LogP contribution in [0.5, 0.6) is 0 Å². The van der Waals surface area contributed by atoms with E-state index < -0.39 is 9.53 Å². The van der Waals surface area contributed by atoms with Crippen LogP contribution in [0.2, 0.25) is 0 Å². The highest BCUT2D eigenvalue weighted by Gasteiger charge is 2.26. The average Bonchev–Trinajstić information content (AvgIpc) is 2.97. The molecule has 0 bridgehead atoms. The van der Waals surface area contributed by atoms with Gasteiger partial charge in [0, 0.05) is 26.4 Å². The molecule has 0 aromatic rings. The van der Waals surface area contributed by atoms with E-state index in [9.17, 15) is 4.79 Å². The molecule has 0 radical (unpaired) electrons. The van der Waals surface area contributed by atoms with Gasteiger partial charge in [-0.15, -0.1) is 0 Å². The van der Waals surface area contributed by atoms with Crippen molar-refractivity contribution in [2.75, 3.05) is 26.4 Å². The van der Waals surface area contributed by atoms with E-state index in [0.717, 1.165) is 13.0 Å². The van der Waals surface area contributed by atoms with Gasteiger partial charge in [0.05, 0.1) is 0 Å². The highest BCUT2D eigenvalue weighted by molar-refractivity contribution is 6.36. The Morgan fingerprint density at radius 1 is 1.06 bits per heavy atom. The van der Waals surface area contributed by atoms with Crippen LogP contribution in [0.4, 0.5) is 4.79 Å². The Morgan fingerprint density at radius 2 is 1.47 bits per heavy atom. The van der Waals surface area contributed by atoms with Gasteiger partial charge in [0.1, 0.15) is 0 Å². The normalized spacial score (nSPS) is 13.2. The lowest BCUT2D eigenvalue weighted by molar-refractivity contribution is 0.107. The maximum Gasteiger partial charge on any atom is 0.484 e. The Kier molecular flexibility index (Phi) is 10.1. The van der Waals surface area contributed by atoms with Crippen LogP contribution in [0.15, 0.2) is 0 Å². The van der Waals surface area contributed by atoms with Crippen LogP contribution in [-0.2, 0) is 13.3 Å². The molecule has 0 aromatic heterocycles. The maximum atomic E-state index is 10.1. The molecule has 0 saturated carbocycles. The highest BCUT2D eigenvalue weighted by Crippen LogP contribution is 1.98. The lowest BCUT2D eigenvalue weighted by Crippen LogP contribution is -2.27. The van der Waals surface area contributed by atoms with Gasteiger partial charge in [0.15, 0.2) is 0 Å². The minimum atomic E-state index is -1.73. The van der Waals surface area contributed by atoms with Crippen molar-refractivity contribution < 1.29 is 18.1 Å². The number of nitrogens with zero attached hydrogens (tertiary/aromatic N) is 1. The van der Waals surface area contributed by atoms with Crippen molar-refractivity contribution >= 4 is 15.6 Å². The van der Waals surface area contributed by atoms with E-state index in [1.165, 1.54) is 0 Å². The van der Waals surface area contributed by atoms with Crippen LogP contribution in [0.25, 0.3) is 0 Å². The molecule has 1 aliphatic heterocycles. The average molecular weight is 264 g/mol. The molecular formula is C10H24N2O4Si. The summed E-state index contributed by atoms with van der Waals surface area (Å²) in [5, 5.41) is 1.58. The van der Waals surface area contributed by atoms with Crippen molar-refractivity contribution in [2.45, 2.75) is 34.1 Å². The molecule has 1 fully saturated rings. The third-order valence-electron chi connectivity index (χ3n) is 1.78. The summed E-state index contributed by atoms with van der Waals surface area (Å²) in [6.45, 7) is 10.7. The SMILES string of the molecule is CCCN1NC1=O.CCO[SiH](OCC)OCC. The molecule has 0 spiro atoms. The first-order valence-corrected chi connectivity index (χ1v) is 7.53. The third-order valence-corrected chi connectivity index (χ3v) is 3.60. The van der Waals surface area contributed by atoms with Crippen LogP contribution in [0.1, 0.15) is 34.1 Å². The van der Waals surface area contributed by atoms with E-state index in [0.29, 0.717) is 19.8 Å². The summed E-state index contributed by atoms with van der Waals surface area (Å²) in [5.74, 6) is 0. The van der Waals surface area contributed by atoms with E-state index >= 15 is 0 Å². The summed E-state index contributed by atoms with van der Waals surface area (Å²) in [6.07, 6.45) is 1.03. The van der Waals surface area contributed by atoms with E-state index in [2.05, 4.69) is 5.43 Å². The molecule has 0 aliphatic carbocycles. The molecule has 0 unspecified atom stereocenters. The number of hydrogen-bond donors (Lipinski definition) is 1. The van der Waals surface area contributed by atoms with E-state index in [1.807, 2.05) is 27.7 Å². The first-order valence-electron chi connectivity index (χ1n) is 6.12. The van der Waals surface area contributed by atoms with Gasteiger partial charge in [-0.2, -0.15) is 0 Å². The zero-order valence-corrected chi connectivity index (χ0v) is 12.3. The van der Waals surface area contributed by atoms with Gasteiger partial charge in [-0.3, -0.25) is 0 Å². The van der Waals surface area contributed by atoms with Crippen LogP contribution in [0.3, 0.4) is 0 Å². The van der Waals surface area contributed by atoms with Gasteiger partial charge in [-0.05, 0) is 27.2 Å². The maximum absolute atomic E-state index is 10.1. The van der Waals surface area contributed by atoms with Crippen LogP contribution in [-0.4, -0.2) is 46.9 Å². The van der Waals surface area contributed by atoms with Crippen molar-refractivity contribution in [1.29, 1.82) is 0 Å². The molecule has 1 N–H and O–H groups in total. The molecular weight excluding hydrogens is 240 g/mol. The molecule has 0 atom stereocenters. The molecule has 1 aliphatic rings. The summed E-state index contributed by atoms with van der Waals surface area (Å²) in [4.78, 5) is 10.1. The third kappa shape index (κ3) is 9.10. The number of urea groups is 1. The second-order valence-electron chi connectivity index (χ2n) is 3.22. The topological polar surface area (TPSA) is 69.7 Å². The van der Waals surface area contributed by atoms with Crippen LogP contribution < -0.4 is 5.43 Å². The molecule has 1 rings (SSSR count). The van der Waals surface area contributed by atoms with Gasteiger partial charge in [0.2, 0.25) is 0 Å². The van der Waals surface area contributed by atoms with Gasteiger partial charge < -0.3 is 13.3 Å². The smallest absolute Gasteiger partial charge is 0.376 e. The monoisotopic (exact) mass is 264 g/mol. The molecule has 0 aromatic carbocycles. The molecule has 1 saturated heterocycles. The second-order valence-corrected chi connectivity index (χ2v) is 4.80. The van der Waals surface area contributed by atoms with Crippen molar-refractivity contribution in [3.05, 3.63) is 0 Å². The van der Waals surface area contributed by atoms with Crippen LogP contribution in [0, 0.1) is 0 Å². The van der Waals surface area contributed by atoms with Gasteiger partial charge in [-0.1, -0.05) is 6.92 Å². The summed E-state index contributed by atoms with van der Waals surface area (Å²) in [7, 11) is -1.73. The predicted octanol–water partition coefficient (Wildman–Crippen LogP) is 1.15. The first-order chi connectivity index (χ1) is 8.19. The molecule has 102 valence electrons. The molecule has 6 nitrogen and oxygen atoms in total. The first kappa shape index (κ1) is 16.4. The fourth-order valence-corrected chi connectivity index (χ4v) is 2.13. The number of hydrazine groups is 1. The Hall–Kier alpha value is -0.633. The summed E-state index contributed by atoms with van der Waals surface area (Å²) in [6, 6.07) is 0.0573. The van der Waals surface area contributed by atoms with Crippen molar-refractivity contribution in [3.63, 3.8) is 0 Å². The fourth-order valence-electron chi connectivity index (χ4n) is 1.02. The molecule has 2 amide bonds. The number of carbonyl (C=O) groups excluding carboxylic acids is 1. The molecule has 17 heavy (non-hydrogen) atoms. The Balaban J connectivity index is 0.000000318. The number of hydrogen-bond acceptors (Lipinski definition) is 4. The quantitative estimate of drug-likeness (QED) is 0.527. The Morgan fingerprint density at radius 3 is 1.65 bits per heavy atom. The number of carbonyl (C=O) groups is 1. The van der Waals surface area contributed by atoms with E-state index in [1.54, 1.807) is 5.01 Å². The highest BCUT2D eigenvalue weighted by atomic mass is 28.3. The fraction of sp³-hybridized carbons (Fsp3) is 0.900. The Bertz CT molecular complexity index is 192. The zero-order chi connectivity index (χ0) is 13.1. The Labute approximate surface area is 105 Å². The number of amides is 2. The minimum absolute atomic E-state index is 0.0573. The van der Waals surface area contributed by atoms with Crippen molar-refractivity contribution in [3.8, 4) is 0 Å². The number of rotatable bonds is 8. The largest absolute Gasteiger partial charge is 0.484 e. The minimum Gasteiger partial charge on any atom is -0.376 e. The number of nitrogens with one attached hydrogen (secondary N) is 1. The van der Waals surface area contributed by atoms with Crippen molar-refractivity contribution in [1.82, 2.24) is 10.4 Å². The van der Waals surface area contributed by atoms with E-state index in [-0.39, 0.29) is 6.03 Å². The molecule has 1 heterocycles. The standard InChI is InChI=1S/C6H16O3Si.C4H8N2O/c1-4-7-10(8-5-2)9-6-3;1-2-3-6-4(7)5-6/h10H,4-6H2,1-3H3;2-3H2,1H3,(H,5,7). The molecule has 7 heteroatoms. The second kappa shape index (κ2) is 10.5. The van der Waals surface area contributed by atoms with Gasteiger partial charge in [0.25, 0.3) is 0 Å². The van der Waals surface area contributed by atoms with Crippen molar-refractivity contribution in [2.24, 2.45) is 0 Å². The van der Waals surface area contributed by atoms with E-state index in [4.69, 9.17) is 13.3 Å². The summed E-state index contributed by atoms with van der Waals surface area (Å²) in [5.41, 5.74) is 2.53. The zero-order valence-electron chi connectivity index (χ0n) is 11.2. The van der Waals surface area contributed by atoms with Crippen LogP contribution >= 0.6 is 0 Å². The van der Waals surface area contributed by atoms with Gasteiger partial charge in [-0.25, -0.2) is 15.2 Å². The lowest BCUT2D eigenvalue weighted by atomic mass is 10.5. The predicted molar refractivity (Wildman–Crippen MR) is 67.6 cm³/mol. The lowest BCUT2D eigenvalue weighted by Gasteiger charge is -2.12.